The van der Waals surface area contributed by atoms with E-state index in [-0.39, 0.29) is 25.1 Å². The zero-order valence-electron chi connectivity index (χ0n) is 12.9. The third-order valence-electron chi connectivity index (χ3n) is 3.98. The Morgan fingerprint density at radius 2 is 2.13 bits per heavy atom. The summed E-state index contributed by atoms with van der Waals surface area (Å²) in [6.07, 6.45) is -2.64. The maximum atomic E-state index is 12.9. The van der Waals surface area contributed by atoms with Gasteiger partial charge in [-0.2, -0.15) is 13.2 Å². The monoisotopic (exact) mass is 330 g/mol. The molecule has 1 aliphatic rings. The van der Waals surface area contributed by atoms with Crippen molar-refractivity contribution < 1.29 is 23.1 Å². The van der Waals surface area contributed by atoms with E-state index in [1.165, 1.54) is 11.0 Å². The first kappa shape index (κ1) is 17.6. The molecule has 1 fully saturated rings. The molecule has 1 unspecified atom stereocenters. The minimum Gasteiger partial charge on any atom is -0.395 e. The maximum Gasteiger partial charge on any atom is 0.416 e. The van der Waals surface area contributed by atoms with Crippen LogP contribution in [0.15, 0.2) is 24.3 Å². The molecule has 1 aliphatic carbocycles. The lowest BCUT2D eigenvalue weighted by Crippen LogP contribution is -2.43. The number of nitrogens with one attached hydrogen (secondary N) is 1. The highest BCUT2D eigenvalue weighted by atomic mass is 19.4. The first-order valence-corrected chi connectivity index (χ1v) is 7.70. The molecule has 0 aromatic heterocycles. The van der Waals surface area contributed by atoms with Crippen molar-refractivity contribution in [2.75, 3.05) is 19.7 Å². The SMILES string of the molecule is CCN(CCO)C(=O)NC(c1cccc(C(F)(F)F)c1)C1CC1. The van der Waals surface area contributed by atoms with E-state index in [0.29, 0.717) is 12.1 Å². The fourth-order valence-electron chi connectivity index (χ4n) is 2.56. The predicted molar refractivity (Wildman–Crippen MR) is 79.8 cm³/mol. The summed E-state index contributed by atoms with van der Waals surface area (Å²) in [5.41, 5.74) is -0.242. The minimum absolute atomic E-state index is 0.154. The number of hydrogen-bond donors (Lipinski definition) is 2. The molecule has 0 saturated heterocycles. The van der Waals surface area contributed by atoms with Crippen molar-refractivity contribution in [2.24, 2.45) is 5.92 Å². The Morgan fingerprint density at radius 3 is 2.65 bits per heavy atom. The first-order chi connectivity index (χ1) is 10.9. The number of aliphatic hydroxyl groups excluding tert-OH is 1. The summed E-state index contributed by atoms with van der Waals surface area (Å²) in [5.74, 6) is 0.162. The normalized spacial score (nSPS) is 16.0. The fraction of sp³-hybridized carbons (Fsp3) is 0.562. The lowest BCUT2D eigenvalue weighted by molar-refractivity contribution is -0.137. The Labute approximate surface area is 133 Å². The maximum absolute atomic E-state index is 12.9. The Kier molecular flexibility index (Phi) is 5.51. The first-order valence-electron chi connectivity index (χ1n) is 7.70. The molecular formula is C16H21F3N2O2. The van der Waals surface area contributed by atoms with Gasteiger partial charge in [-0.15, -0.1) is 0 Å². The summed E-state index contributed by atoms with van der Waals surface area (Å²) in [6.45, 7) is 2.25. The summed E-state index contributed by atoms with van der Waals surface area (Å²) in [4.78, 5) is 13.7. The van der Waals surface area contributed by atoms with Gasteiger partial charge in [-0.1, -0.05) is 12.1 Å². The number of halogens is 3. The van der Waals surface area contributed by atoms with Crippen molar-refractivity contribution in [1.82, 2.24) is 10.2 Å². The summed E-state index contributed by atoms with van der Waals surface area (Å²) >= 11 is 0. The second kappa shape index (κ2) is 7.21. The number of amides is 2. The second-order valence-corrected chi connectivity index (χ2v) is 5.69. The van der Waals surface area contributed by atoms with Gasteiger partial charge in [-0.25, -0.2) is 4.79 Å². The molecule has 2 amide bonds. The zero-order valence-corrected chi connectivity index (χ0v) is 12.9. The number of aliphatic hydroxyl groups is 1. The van der Waals surface area contributed by atoms with Gasteiger partial charge in [0.1, 0.15) is 0 Å². The lowest BCUT2D eigenvalue weighted by Gasteiger charge is -2.26. The Morgan fingerprint density at radius 1 is 1.43 bits per heavy atom. The average molecular weight is 330 g/mol. The van der Waals surface area contributed by atoms with Crippen molar-refractivity contribution in [3.63, 3.8) is 0 Å². The highest BCUT2D eigenvalue weighted by molar-refractivity contribution is 5.74. The lowest BCUT2D eigenvalue weighted by atomic mass is 10.00. The molecule has 0 bridgehead atoms. The minimum atomic E-state index is -4.40. The quantitative estimate of drug-likeness (QED) is 0.842. The summed E-state index contributed by atoms with van der Waals surface area (Å²) < 4.78 is 38.6. The molecule has 1 atom stereocenters. The van der Waals surface area contributed by atoms with Crippen LogP contribution in [-0.2, 0) is 6.18 Å². The number of alkyl halides is 3. The largest absolute Gasteiger partial charge is 0.416 e. The number of likely N-dealkylation sites (N-methyl/N-ethyl adjacent to an activating group) is 1. The number of carbonyl (C=O) groups is 1. The van der Waals surface area contributed by atoms with Crippen LogP contribution in [0.3, 0.4) is 0 Å². The van der Waals surface area contributed by atoms with Gasteiger partial charge in [0.2, 0.25) is 0 Å². The highest BCUT2D eigenvalue weighted by Crippen LogP contribution is 2.42. The molecule has 0 radical (unpaired) electrons. The van der Waals surface area contributed by atoms with Crippen LogP contribution in [0.2, 0.25) is 0 Å². The van der Waals surface area contributed by atoms with Crippen molar-refractivity contribution in [3.8, 4) is 0 Å². The molecule has 1 aromatic rings. The van der Waals surface area contributed by atoms with Gasteiger partial charge in [0.15, 0.2) is 0 Å². The number of carbonyl (C=O) groups excluding carboxylic acids is 1. The molecule has 23 heavy (non-hydrogen) atoms. The molecule has 128 valence electrons. The molecule has 0 spiro atoms. The Balaban J connectivity index is 2.18. The third kappa shape index (κ3) is 4.60. The van der Waals surface area contributed by atoms with Crippen molar-refractivity contribution >= 4 is 6.03 Å². The molecule has 0 aliphatic heterocycles. The summed E-state index contributed by atoms with van der Waals surface area (Å²) in [7, 11) is 0. The van der Waals surface area contributed by atoms with Crippen LogP contribution in [0.1, 0.15) is 36.9 Å². The second-order valence-electron chi connectivity index (χ2n) is 5.69. The van der Waals surface area contributed by atoms with Crippen molar-refractivity contribution in [1.29, 1.82) is 0 Å². The van der Waals surface area contributed by atoms with Gasteiger partial charge in [0.25, 0.3) is 0 Å². The van der Waals surface area contributed by atoms with Crippen LogP contribution < -0.4 is 5.32 Å². The van der Waals surface area contributed by atoms with Gasteiger partial charge in [-0.3, -0.25) is 0 Å². The van der Waals surface area contributed by atoms with Crippen LogP contribution in [0.25, 0.3) is 0 Å². The molecule has 2 rings (SSSR count). The van der Waals surface area contributed by atoms with Crippen molar-refractivity contribution in [2.45, 2.75) is 32.0 Å². The van der Waals surface area contributed by atoms with Gasteiger partial charge in [-0.05, 0) is 43.4 Å². The van der Waals surface area contributed by atoms with E-state index in [0.717, 1.165) is 25.0 Å². The molecule has 7 heteroatoms. The van der Waals surface area contributed by atoms with E-state index in [1.807, 2.05) is 0 Å². The van der Waals surface area contributed by atoms with Crippen LogP contribution in [0.5, 0.6) is 0 Å². The number of urea groups is 1. The van der Waals surface area contributed by atoms with E-state index >= 15 is 0 Å². The molecule has 1 aromatic carbocycles. The summed E-state index contributed by atoms with van der Waals surface area (Å²) in [5, 5.41) is 11.8. The van der Waals surface area contributed by atoms with Crippen LogP contribution >= 0.6 is 0 Å². The van der Waals surface area contributed by atoms with Crippen LogP contribution in [0, 0.1) is 5.92 Å². The molecule has 2 N–H and O–H groups in total. The standard InChI is InChI=1S/C16H21F3N2O2/c1-2-21(8-9-22)15(23)20-14(11-6-7-11)12-4-3-5-13(10-12)16(17,18)19/h3-5,10-11,14,22H,2,6-9H2,1H3,(H,20,23). The van der Waals surface area contributed by atoms with E-state index in [1.54, 1.807) is 13.0 Å². The molecular weight excluding hydrogens is 309 g/mol. The highest BCUT2D eigenvalue weighted by Gasteiger charge is 2.36. The van der Waals surface area contributed by atoms with E-state index in [2.05, 4.69) is 5.32 Å². The number of benzene rings is 1. The smallest absolute Gasteiger partial charge is 0.395 e. The number of rotatable bonds is 6. The zero-order chi connectivity index (χ0) is 17.0. The Hall–Kier alpha value is -1.76. The Bertz CT molecular complexity index is 544. The molecule has 0 heterocycles. The van der Waals surface area contributed by atoms with Gasteiger partial charge in [0, 0.05) is 13.1 Å². The molecule has 4 nitrogen and oxygen atoms in total. The van der Waals surface area contributed by atoms with E-state index < -0.39 is 17.8 Å². The van der Waals surface area contributed by atoms with Crippen LogP contribution in [0.4, 0.5) is 18.0 Å². The van der Waals surface area contributed by atoms with Gasteiger partial charge in [0.05, 0.1) is 18.2 Å². The fourth-order valence-corrected chi connectivity index (χ4v) is 2.56. The topological polar surface area (TPSA) is 52.6 Å². The van der Waals surface area contributed by atoms with Crippen molar-refractivity contribution in [3.05, 3.63) is 35.4 Å². The van der Waals surface area contributed by atoms with Crippen LogP contribution in [-0.4, -0.2) is 35.7 Å². The predicted octanol–water partition coefficient (Wildman–Crippen LogP) is 3.18. The van der Waals surface area contributed by atoms with Gasteiger partial charge >= 0.3 is 12.2 Å². The average Bonchev–Trinajstić information content (AvgIpc) is 3.34. The summed E-state index contributed by atoms with van der Waals surface area (Å²) in [6, 6.07) is 4.31. The third-order valence-corrected chi connectivity index (χ3v) is 3.98. The molecule has 1 saturated carbocycles. The number of hydrogen-bond acceptors (Lipinski definition) is 2. The van der Waals surface area contributed by atoms with Gasteiger partial charge < -0.3 is 15.3 Å². The van der Waals surface area contributed by atoms with E-state index in [9.17, 15) is 18.0 Å². The van der Waals surface area contributed by atoms with E-state index in [4.69, 9.17) is 5.11 Å². The number of nitrogens with zero attached hydrogens (tertiary/aromatic N) is 1.